The van der Waals surface area contributed by atoms with Crippen LogP contribution in [0.3, 0.4) is 0 Å². The molecule has 0 bridgehead atoms. The number of fused-ring (bicyclic) bond motifs is 1. The van der Waals surface area contributed by atoms with E-state index in [1.165, 1.54) is 0 Å². The Labute approximate surface area is 104 Å². The molecule has 0 saturated carbocycles. The van der Waals surface area contributed by atoms with Gasteiger partial charge in [0.2, 0.25) is 0 Å². The molecule has 3 aromatic rings. The van der Waals surface area contributed by atoms with Crippen LogP contribution in [0.25, 0.3) is 22.3 Å². The molecule has 17 heavy (non-hydrogen) atoms. The summed E-state index contributed by atoms with van der Waals surface area (Å²) in [4.78, 5) is 0. The van der Waals surface area contributed by atoms with Gasteiger partial charge in [-0.3, -0.25) is 0 Å². The first-order valence-corrected chi connectivity index (χ1v) is 5.78. The molecule has 82 valence electrons. The van der Waals surface area contributed by atoms with Gasteiger partial charge in [0.25, 0.3) is 0 Å². The van der Waals surface area contributed by atoms with Gasteiger partial charge in [-0.25, -0.2) is 4.42 Å². The van der Waals surface area contributed by atoms with Gasteiger partial charge in [-0.1, -0.05) is 23.7 Å². The van der Waals surface area contributed by atoms with E-state index >= 15 is 0 Å². The predicted octanol–water partition coefficient (Wildman–Crippen LogP) is 5.03. The molecule has 0 N–H and O–H groups in total. The third kappa shape index (κ3) is 2.02. The van der Waals surface area contributed by atoms with Crippen molar-refractivity contribution in [3.63, 3.8) is 0 Å². The van der Waals surface area contributed by atoms with Gasteiger partial charge in [0.05, 0.1) is 10.9 Å². The molecule has 0 fully saturated rings. The molecule has 0 saturated heterocycles. The van der Waals surface area contributed by atoms with Gasteiger partial charge in [-0.15, -0.1) is 0 Å². The molecule has 0 amide bonds. The number of hydrogen-bond donors (Lipinski definition) is 0. The zero-order valence-corrected chi connectivity index (χ0v) is 9.82. The molecule has 0 spiro atoms. The summed E-state index contributed by atoms with van der Waals surface area (Å²) in [5, 5.41) is 1.83. The van der Waals surface area contributed by atoms with E-state index in [2.05, 4.69) is 6.07 Å². The molecule has 1 nitrogen and oxygen atoms in total. The summed E-state index contributed by atoms with van der Waals surface area (Å²) in [6.07, 6.45) is 0. The Morgan fingerprint density at radius 1 is 0.765 bits per heavy atom. The highest BCUT2D eigenvalue weighted by molar-refractivity contribution is 6.30. The third-order valence-corrected chi connectivity index (χ3v) is 2.93. The standard InChI is InChI=1S/C15H10ClO/c16-13-8-5-12(6-9-13)15-10-7-11-3-1-2-4-14(11)17-15/h1-10H/q+1. The first-order chi connectivity index (χ1) is 8.33. The van der Waals surface area contributed by atoms with Crippen LogP contribution in [0.4, 0.5) is 0 Å². The van der Waals surface area contributed by atoms with Crippen molar-refractivity contribution in [2.24, 2.45) is 0 Å². The Hall–Kier alpha value is -1.86. The minimum atomic E-state index is 0.731. The molecule has 0 radical (unpaired) electrons. The van der Waals surface area contributed by atoms with E-state index in [0.29, 0.717) is 0 Å². The van der Waals surface area contributed by atoms with Crippen molar-refractivity contribution in [3.05, 3.63) is 65.7 Å². The Balaban J connectivity index is 2.14. The highest BCUT2D eigenvalue weighted by Crippen LogP contribution is 2.25. The van der Waals surface area contributed by atoms with Crippen molar-refractivity contribution in [2.45, 2.75) is 0 Å². The topological polar surface area (TPSA) is 11.3 Å². The lowest BCUT2D eigenvalue weighted by atomic mass is 10.1. The van der Waals surface area contributed by atoms with Crippen molar-refractivity contribution in [2.75, 3.05) is 0 Å². The fourth-order valence-electron chi connectivity index (χ4n) is 1.80. The van der Waals surface area contributed by atoms with Crippen LogP contribution in [-0.2, 0) is 0 Å². The van der Waals surface area contributed by atoms with Crippen molar-refractivity contribution >= 4 is 22.6 Å². The molecule has 0 unspecified atom stereocenters. The lowest BCUT2D eigenvalue weighted by molar-refractivity contribution is 0.620. The second-order valence-corrected chi connectivity index (χ2v) is 4.28. The number of hydrogen-bond acceptors (Lipinski definition) is 0. The lowest BCUT2D eigenvalue weighted by Crippen LogP contribution is -1.78. The van der Waals surface area contributed by atoms with Crippen molar-refractivity contribution in [1.29, 1.82) is 0 Å². The van der Waals surface area contributed by atoms with E-state index in [9.17, 15) is 0 Å². The highest BCUT2D eigenvalue weighted by atomic mass is 35.5. The summed E-state index contributed by atoms with van der Waals surface area (Å²) in [6, 6.07) is 19.6. The highest BCUT2D eigenvalue weighted by Gasteiger charge is 2.13. The molecule has 2 aromatic carbocycles. The molecule has 0 atom stereocenters. The lowest BCUT2D eigenvalue weighted by Gasteiger charge is -1.93. The second-order valence-electron chi connectivity index (χ2n) is 3.84. The third-order valence-electron chi connectivity index (χ3n) is 2.68. The maximum Gasteiger partial charge on any atom is 0.360 e. The van der Waals surface area contributed by atoms with Crippen molar-refractivity contribution in [1.82, 2.24) is 0 Å². The first kappa shape index (κ1) is 10.3. The van der Waals surface area contributed by atoms with Gasteiger partial charge in [-0.05, 0) is 36.4 Å². The average Bonchev–Trinajstić information content (AvgIpc) is 2.39. The molecule has 0 aliphatic rings. The Morgan fingerprint density at radius 2 is 1.53 bits per heavy atom. The van der Waals surface area contributed by atoms with Gasteiger partial charge < -0.3 is 0 Å². The molecule has 1 aromatic heterocycles. The maximum atomic E-state index is 5.86. The van der Waals surface area contributed by atoms with Gasteiger partial charge >= 0.3 is 11.3 Å². The maximum absolute atomic E-state index is 5.86. The van der Waals surface area contributed by atoms with Crippen molar-refractivity contribution in [3.8, 4) is 11.3 Å². The molecule has 3 rings (SSSR count). The fourth-order valence-corrected chi connectivity index (χ4v) is 1.92. The van der Waals surface area contributed by atoms with Crippen LogP contribution < -0.4 is 0 Å². The largest absolute Gasteiger partial charge is 0.360 e. The normalized spacial score (nSPS) is 10.6. The van der Waals surface area contributed by atoms with Crippen LogP contribution in [0.5, 0.6) is 0 Å². The predicted molar refractivity (Wildman–Crippen MR) is 71.1 cm³/mol. The minimum Gasteiger partial charge on any atom is -0.207 e. The van der Waals surface area contributed by atoms with Crippen LogP contribution in [0.15, 0.2) is 65.1 Å². The van der Waals surface area contributed by atoms with Crippen LogP contribution in [-0.4, -0.2) is 0 Å². The van der Waals surface area contributed by atoms with E-state index in [1.807, 2.05) is 54.6 Å². The molecule has 0 aliphatic heterocycles. The molecule has 1 heterocycles. The van der Waals surface area contributed by atoms with Gasteiger partial charge in [0, 0.05) is 17.2 Å². The Bertz CT molecular complexity index is 659. The summed E-state index contributed by atoms with van der Waals surface area (Å²) in [6.45, 7) is 0. The zero-order valence-electron chi connectivity index (χ0n) is 9.06. The van der Waals surface area contributed by atoms with E-state index in [1.54, 1.807) is 0 Å². The van der Waals surface area contributed by atoms with Crippen LogP contribution in [0.2, 0.25) is 5.02 Å². The fraction of sp³-hybridized carbons (Fsp3) is 0. The molecular formula is C15H10ClO+. The smallest absolute Gasteiger partial charge is 0.207 e. The first-order valence-electron chi connectivity index (χ1n) is 5.41. The summed E-state index contributed by atoms with van der Waals surface area (Å²) >= 11 is 5.86. The Morgan fingerprint density at radius 3 is 2.35 bits per heavy atom. The summed E-state index contributed by atoms with van der Waals surface area (Å²) < 4.78 is 5.84. The van der Waals surface area contributed by atoms with Crippen molar-refractivity contribution < 1.29 is 4.42 Å². The Kier molecular flexibility index (Phi) is 2.54. The van der Waals surface area contributed by atoms with E-state index in [-0.39, 0.29) is 0 Å². The summed E-state index contributed by atoms with van der Waals surface area (Å²) in [5.41, 5.74) is 1.92. The minimum absolute atomic E-state index is 0.731. The van der Waals surface area contributed by atoms with Gasteiger partial charge in [0.15, 0.2) is 0 Å². The van der Waals surface area contributed by atoms with Crippen LogP contribution in [0, 0.1) is 0 Å². The number of benzene rings is 2. The van der Waals surface area contributed by atoms with Gasteiger partial charge in [-0.2, -0.15) is 0 Å². The summed E-state index contributed by atoms with van der Waals surface area (Å²) in [7, 11) is 0. The summed E-state index contributed by atoms with van der Waals surface area (Å²) in [5.74, 6) is 0.848. The van der Waals surface area contributed by atoms with Crippen LogP contribution >= 0.6 is 11.6 Å². The zero-order chi connectivity index (χ0) is 11.7. The van der Waals surface area contributed by atoms with E-state index in [4.69, 9.17) is 16.0 Å². The number of para-hydroxylation sites is 1. The second kappa shape index (κ2) is 4.19. The van der Waals surface area contributed by atoms with Gasteiger partial charge in [0.1, 0.15) is 0 Å². The number of halogens is 1. The van der Waals surface area contributed by atoms with E-state index < -0.39 is 0 Å². The monoisotopic (exact) mass is 241 g/mol. The SMILES string of the molecule is Clc1ccc(-c2ccc3ccccc3[o+]2)cc1. The molecule has 2 heteroatoms. The quantitative estimate of drug-likeness (QED) is 0.544. The molecular weight excluding hydrogens is 232 g/mol. The average molecular weight is 242 g/mol. The number of rotatable bonds is 1. The molecule has 0 aliphatic carbocycles. The van der Waals surface area contributed by atoms with Crippen LogP contribution in [0.1, 0.15) is 0 Å². The van der Waals surface area contributed by atoms with E-state index in [0.717, 1.165) is 27.3 Å².